The third kappa shape index (κ3) is 2.95. The first-order chi connectivity index (χ1) is 8.69. The maximum Gasteiger partial charge on any atom is 0.273 e. The number of hydrogen-bond acceptors (Lipinski definition) is 3. The van der Waals surface area contributed by atoms with E-state index in [1.54, 1.807) is 12.2 Å². The Labute approximate surface area is 110 Å². The fraction of sp³-hybridized carbons (Fsp3) is 0.0769. The van der Waals surface area contributed by atoms with E-state index in [1.807, 2.05) is 24.3 Å². The van der Waals surface area contributed by atoms with Crippen LogP contribution < -0.4 is 15.4 Å². The number of benzene rings is 1. The molecule has 0 unspecified atom stereocenters. The Bertz CT molecular complexity index is 520. The van der Waals surface area contributed by atoms with Crippen molar-refractivity contribution in [1.82, 2.24) is 10.6 Å². The lowest BCUT2D eigenvalue weighted by Crippen LogP contribution is -2.21. The first-order valence-electron chi connectivity index (χ1n) is 5.37. The SMILES string of the molecule is C=CCOc1ccc(C=C2NC(=S)NC2=O)cc1. The van der Waals surface area contributed by atoms with Gasteiger partial charge in [0, 0.05) is 0 Å². The van der Waals surface area contributed by atoms with Crippen molar-refractivity contribution >= 4 is 29.3 Å². The topological polar surface area (TPSA) is 50.4 Å². The molecule has 18 heavy (non-hydrogen) atoms. The molecule has 0 bridgehead atoms. The van der Waals surface area contributed by atoms with Crippen LogP contribution in [0.15, 0.2) is 42.6 Å². The van der Waals surface area contributed by atoms with Crippen molar-refractivity contribution in [2.45, 2.75) is 0 Å². The lowest BCUT2D eigenvalue weighted by molar-refractivity contribution is -0.115. The highest BCUT2D eigenvalue weighted by atomic mass is 32.1. The quantitative estimate of drug-likeness (QED) is 0.490. The first kappa shape index (κ1) is 12.3. The molecule has 0 atom stereocenters. The van der Waals surface area contributed by atoms with Crippen molar-refractivity contribution in [2.24, 2.45) is 0 Å². The van der Waals surface area contributed by atoms with Gasteiger partial charge in [0.2, 0.25) is 0 Å². The van der Waals surface area contributed by atoms with Gasteiger partial charge in [0.15, 0.2) is 5.11 Å². The fourth-order valence-electron chi connectivity index (χ4n) is 1.46. The molecule has 1 aliphatic rings. The van der Waals surface area contributed by atoms with Gasteiger partial charge in [-0.3, -0.25) is 10.1 Å². The maximum absolute atomic E-state index is 11.4. The van der Waals surface area contributed by atoms with Crippen LogP contribution in [0.5, 0.6) is 5.75 Å². The van der Waals surface area contributed by atoms with Gasteiger partial charge >= 0.3 is 0 Å². The van der Waals surface area contributed by atoms with E-state index in [0.29, 0.717) is 17.4 Å². The van der Waals surface area contributed by atoms with Gasteiger partial charge in [-0.15, -0.1) is 0 Å². The Morgan fingerprint density at radius 1 is 1.28 bits per heavy atom. The summed E-state index contributed by atoms with van der Waals surface area (Å²) in [6.45, 7) is 4.05. The van der Waals surface area contributed by atoms with Crippen molar-refractivity contribution < 1.29 is 9.53 Å². The lowest BCUT2D eigenvalue weighted by atomic mass is 10.2. The molecule has 5 heteroatoms. The summed E-state index contributed by atoms with van der Waals surface area (Å²) in [6.07, 6.45) is 3.41. The molecule has 2 N–H and O–H groups in total. The summed E-state index contributed by atoms with van der Waals surface area (Å²) in [5, 5.41) is 5.62. The number of ether oxygens (including phenoxy) is 1. The molecule has 1 aliphatic heterocycles. The van der Waals surface area contributed by atoms with Crippen molar-refractivity contribution in [3.05, 3.63) is 48.2 Å². The third-order valence-corrected chi connectivity index (χ3v) is 2.48. The molecule has 0 aromatic heterocycles. The van der Waals surface area contributed by atoms with Crippen LogP contribution in [0.1, 0.15) is 5.56 Å². The van der Waals surface area contributed by atoms with Crippen molar-refractivity contribution in [3.8, 4) is 5.75 Å². The summed E-state index contributed by atoms with van der Waals surface area (Å²) in [5.41, 5.74) is 1.34. The minimum Gasteiger partial charge on any atom is -0.490 e. The van der Waals surface area contributed by atoms with Gasteiger partial charge in [-0.2, -0.15) is 0 Å². The van der Waals surface area contributed by atoms with E-state index in [0.717, 1.165) is 11.3 Å². The van der Waals surface area contributed by atoms with Gasteiger partial charge < -0.3 is 10.1 Å². The molecular weight excluding hydrogens is 248 g/mol. The molecular formula is C13H12N2O2S. The molecule has 1 aromatic carbocycles. The van der Waals surface area contributed by atoms with Gasteiger partial charge in [0.05, 0.1) is 0 Å². The number of hydrogen-bond donors (Lipinski definition) is 2. The zero-order valence-corrected chi connectivity index (χ0v) is 10.4. The Morgan fingerprint density at radius 2 is 2.00 bits per heavy atom. The highest BCUT2D eigenvalue weighted by Crippen LogP contribution is 2.14. The number of carbonyl (C=O) groups is 1. The molecule has 0 aliphatic carbocycles. The van der Waals surface area contributed by atoms with Gasteiger partial charge in [-0.1, -0.05) is 24.8 Å². The Morgan fingerprint density at radius 3 is 2.56 bits per heavy atom. The average Bonchev–Trinajstić information content (AvgIpc) is 2.67. The molecule has 1 aromatic rings. The van der Waals surface area contributed by atoms with Gasteiger partial charge in [-0.05, 0) is 36.0 Å². The van der Waals surface area contributed by atoms with Gasteiger partial charge in [0.25, 0.3) is 5.91 Å². The van der Waals surface area contributed by atoms with E-state index in [2.05, 4.69) is 17.2 Å². The van der Waals surface area contributed by atoms with Crippen LogP contribution in [0.3, 0.4) is 0 Å². The van der Waals surface area contributed by atoms with Crippen LogP contribution in [-0.4, -0.2) is 17.6 Å². The normalized spacial score (nSPS) is 16.3. The molecule has 1 saturated heterocycles. The first-order valence-corrected chi connectivity index (χ1v) is 5.77. The molecule has 0 radical (unpaired) electrons. The van der Waals surface area contributed by atoms with E-state index >= 15 is 0 Å². The number of thiocarbonyl (C=S) groups is 1. The molecule has 0 spiro atoms. The Balaban J connectivity index is 2.10. The van der Waals surface area contributed by atoms with Crippen LogP contribution in [-0.2, 0) is 4.79 Å². The standard InChI is InChI=1S/C13H12N2O2S/c1-2-7-17-10-5-3-9(4-6-10)8-11-12(16)15-13(18)14-11/h2-6,8H,1,7H2,(H2,14,15,16,18). The van der Waals surface area contributed by atoms with E-state index in [-0.39, 0.29) is 5.91 Å². The fourth-order valence-corrected chi connectivity index (χ4v) is 1.67. The van der Waals surface area contributed by atoms with E-state index in [1.165, 1.54) is 0 Å². The Hall–Kier alpha value is -2.14. The summed E-state index contributed by atoms with van der Waals surface area (Å²) in [5.74, 6) is 0.545. The minimum atomic E-state index is -0.216. The second-order valence-corrected chi connectivity index (χ2v) is 4.04. The largest absolute Gasteiger partial charge is 0.490 e. The van der Waals surface area contributed by atoms with Crippen molar-refractivity contribution in [1.29, 1.82) is 0 Å². The number of amides is 1. The molecule has 2 rings (SSSR count). The minimum absolute atomic E-state index is 0.216. The molecule has 1 fully saturated rings. The monoisotopic (exact) mass is 260 g/mol. The van der Waals surface area contributed by atoms with Gasteiger partial charge in [0.1, 0.15) is 18.1 Å². The smallest absolute Gasteiger partial charge is 0.273 e. The highest BCUT2D eigenvalue weighted by Gasteiger charge is 2.19. The maximum atomic E-state index is 11.4. The van der Waals surface area contributed by atoms with Crippen molar-refractivity contribution in [3.63, 3.8) is 0 Å². The molecule has 4 nitrogen and oxygen atoms in total. The van der Waals surface area contributed by atoms with Crippen LogP contribution in [0.2, 0.25) is 0 Å². The highest BCUT2D eigenvalue weighted by molar-refractivity contribution is 7.80. The van der Waals surface area contributed by atoms with E-state index in [9.17, 15) is 4.79 Å². The summed E-state index contributed by atoms with van der Waals surface area (Å²) >= 11 is 4.84. The van der Waals surface area contributed by atoms with E-state index < -0.39 is 0 Å². The van der Waals surface area contributed by atoms with Crippen LogP contribution in [0.25, 0.3) is 6.08 Å². The van der Waals surface area contributed by atoms with Crippen LogP contribution >= 0.6 is 12.2 Å². The van der Waals surface area contributed by atoms with E-state index in [4.69, 9.17) is 17.0 Å². The summed E-state index contributed by atoms with van der Waals surface area (Å²) in [6, 6.07) is 7.39. The molecule has 0 saturated carbocycles. The number of nitrogens with one attached hydrogen (secondary N) is 2. The second-order valence-electron chi connectivity index (χ2n) is 3.63. The average molecular weight is 260 g/mol. The van der Waals surface area contributed by atoms with Gasteiger partial charge in [-0.25, -0.2) is 0 Å². The second kappa shape index (κ2) is 5.46. The predicted molar refractivity (Wildman–Crippen MR) is 74.0 cm³/mol. The molecule has 92 valence electrons. The summed E-state index contributed by atoms with van der Waals surface area (Å²) in [7, 11) is 0. The number of rotatable bonds is 4. The van der Waals surface area contributed by atoms with Crippen LogP contribution in [0, 0.1) is 0 Å². The summed E-state index contributed by atoms with van der Waals surface area (Å²) in [4.78, 5) is 11.4. The van der Waals surface area contributed by atoms with Crippen LogP contribution in [0.4, 0.5) is 0 Å². The molecule has 1 heterocycles. The molecule has 1 amide bonds. The predicted octanol–water partition coefficient (Wildman–Crippen LogP) is 1.60. The zero-order valence-electron chi connectivity index (χ0n) is 9.60. The van der Waals surface area contributed by atoms with Crippen molar-refractivity contribution in [2.75, 3.05) is 6.61 Å². The third-order valence-electron chi connectivity index (χ3n) is 2.28. The Kier molecular flexibility index (Phi) is 3.74. The zero-order chi connectivity index (χ0) is 13.0. The number of carbonyl (C=O) groups excluding carboxylic acids is 1. The summed E-state index contributed by atoms with van der Waals surface area (Å²) < 4.78 is 5.36. The lowest BCUT2D eigenvalue weighted by Gasteiger charge is -2.03.